The number of benzene rings is 3. The number of hydrogen-bond donors (Lipinski definition) is 1. The van der Waals surface area contributed by atoms with Gasteiger partial charge in [-0.05, 0) is 34.9 Å². The monoisotopic (exact) mass is 443 g/mol. The minimum atomic E-state index is -0.00962. The molecule has 0 radical (unpaired) electrons. The van der Waals surface area contributed by atoms with Crippen LogP contribution in [0.25, 0.3) is 11.1 Å². The van der Waals surface area contributed by atoms with Crippen LogP contribution in [0.15, 0.2) is 136 Å². The van der Waals surface area contributed by atoms with Gasteiger partial charge in [-0.3, -0.25) is 4.99 Å². The molecule has 0 fully saturated rings. The Morgan fingerprint density at radius 1 is 0.882 bits per heavy atom. The molecule has 5 nitrogen and oxygen atoms in total. The van der Waals surface area contributed by atoms with Gasteiger partial charge in [0.05, 0.1) is 18.0 Å². The lowest BCUT2D eigenvalue weighted by molar-refractivity contribution is -0.750. The third-order valence-corrected chi connectivity index (χ3v) is 6.21. The van der Waals surface area contributed by atoms with Crippen LogP contribution in [0.1, 0.15) is 11.1 Å². The van der Waals surface area contributed by atoms with Crippen LogP contribution in [-0.2, 0) is 6.61 Å². The molecule has 0 amide bonds. The van der Waals surface area contributed by atoms with Gasteiger partial charge in [-0.15, -0.1) is 4.59 Å². The van der Waals surface area contributed by atoms with Gasteiger partial charge in [0, 0.05) is 5.57 Å². The Balaban J connectivity index is 1.28. The number of allylic oxidation sites excluding steroid dienone is 4. The summed E-state index contributed by atoms with van der Waals surface area (Å²) >= 11 is 0. The Bertz CT molecular complexity index is 1460. The predicted molar refractivity (Wildman–Crippen MR) is 136 cm³/mol. The predicted octanol–water partition coefficient (Wildman–Crippen LogP) is 5.65. The molecule has 1 atom stereocenters. The number of rotatable bonds is 6. The maximum Gasteiger partial charge on any atom is 0.265 e. The van der Waals surface area contributed by atoms with Crippen LogP contribution in [0.3, 0.4) is 0 Å². The van der Waals surface area contributed by atoms with Crippen LogP contribution in [-0.4, -0.2) is 16.6 Å². The molecule has 0 aromatic heterocycles. The van der Waals surface area contributed by atoms with E-state index in [0.29, 0.717) is 6.61 Å². The lowest BCUT2D eigenvalue weighted by Crippen LogP contribution is -2.53. The van der Waals surface area contributed by atoms with Gasteiger partial charge in [0.15, 0.2) is 0 Å². The fourth-order valence-electron chi connectivity index (χ4n) is 4.37. The number of quaternary nitrogens is 1. The minimum Gasteiger partial charge on any atom is -0.489 e. The van der Waals surface area contributed by atoms with Crippen LogP contribution in [0.4, 0.5) is 0 Å². The van der Waals surface area contributed by atoms with E-state index in [4.69, 9.17) is 15.6 Å². The van der Waals surface area contributed by atoms with E-state index in [1.54, 1.807) is 12.4 Å². The molecule has 6 rings (SSSR count). The molecule has 0 spiro atoms. The van der Waals surface area contributed by atoms with Crippen molar-refractivity contribution < 1.29 is 9.33 Å². The number of amidine groups is 1. The van der Waals surface area contributed by atoms with Gasteiger partial charge < -0.3 is 4.74 Å². The van der Waals surface area contributed by atoms with E-state index in [2.05, 4.69) is 47.5 Å². The minimum absolute atomic E-state index is 0.00962. The SMILES string of the molecule is N[N+]12C=CN=CC1=C(C1=CC=C1)N=C2c1cccc(OCc2ccccc2-c2ccccc2)c1. The van der Waals surface area contributed by atoms with Gasteiger partial charge in [-0.2, -0.15) is 10.8 Å². The van der Waals surface area contributed by atoms with Crippen molar-refractivity contribution in [2.45, 2.75) is 6.61 Å². The molecule has 0 saturated heterocycles. The molecule has 3 aliphatic rings. The van der Waals surface area contributed by atoms with Gasteiger partial charge in [-0.25, -0.2) is 0 Å². The maximum absolute atomic E-state index is 6.83. The zero-order valence-electron chi connectivity index (χ0n) is 18.5. The molecule has 0 bridgehead atoms. The number of fused-ring (bicyclic) bond motifs is 1. The van der Waals surface area contributed by atoms with Crippen LogP contribution in [0.5, 0.6) is 5.75 Å². The first-order valence-electron chi connectivity index (χ1n) is 11.2. The average Bonchev–Trinajstić information content (AvgIpc) is 3.15. The first kappa shape index (κ1) is 20.3. The maximum atomic E-state index is 6.83. The Morgan fingerprint density at radius 2 is 1.68 bits per heavy atom. The third-order valence-electron chi connectivity index (χ3n) is 6.21. The normalized spacial score (nSPS) is 20.0. The summed E-state index contributed by atoms with van der Waals surface area (Å²) in [6, 6.07) is 26.7. The van der Waals surface area contributed by atoms with E-state index >= 15 is 0 Å². The second-order valence-electron chi connectivity index (χ2n) is 8.34. The van der Waals surface area contributed by atoms with Crippen molar-refractivity contribution in [1.82, 2.24) is 0 Å². The number of hydrogen-bond acceptors (Lipinski definition) is 4. The average molecular weight is 444 g/mol. The Hall–Kier alpha value is -4.32. The van der Waals surface area contributed by atoms with Gasteiger partial charge in [0.1, 0.15) is 24.3 Å². The molecule has 34 heavy (non-hydrogen) atoms. The zero-order valence-corrected chi connectivity index (χ0v) is 18.5. The summed E-state index contributed by atoms with van der Waals surface area (Å²) in [5, 5.41) is 0. The quantitative estimate of drug-likeness (QED) is 0.396. The van der Waals surface area contributed by atoms with Crippen molar-refractivity contribution in [3.63, 3.8) is 0 Å². The van der Waals surface area contributed by atoms with Gasteiger partial charge in [-0.1, -0.05) is 78.9 Å². The highest BCUT2D eigenvalue weighted by Gasteiger charge is 2.44. The fraction of sp³-hybridized carbons (Fsp3) is 0.0345. The second-order valence-corrected chi connectivity index (χ2v) is 8.34. The van der Waals surface area contributed by atoms with Crippen LogP contribution >= 0.6 is 0 Å². The first-order valence-corrected chi connectivity index (χ1v) is 11.2. The molecule has 5 heteroatoms. The van der Waals surface area contributed by atoms with Crippen molar-refractivity contribution in [3.05, 3.63) is 138 Å². The summed E-state index contributed by atoms with van der Waals surface area (Å²) in [6.07, 6.45) is 11.4. The van der Waals surface area contributed by atoms with E-state index in [-0.39, 0.29) is 4.59 Å². The van der Waals surface area contributed by atoms with E-state index < -0.39 is 0 Å². The Kier molecular flexibility index (Phi) is 4.91. The van der Waals surface area contributed by atoms with Crippen LogP contribution in [0.2, 0.25) is 0 Å². The van der Waals surface area contributed by atoms with Gasteiger partial charge >= 0.3 is 0 Å². The zero-order chi connectivity index (χ0) is 23.0. The van der Waals surface area contributed by atoms with E-state index in [9.17, 15) is 0 Å². The lowest BCUT2D eigenvalue weighted by atomic mass is 10.0. The molecule has 1 unspecified atom stereocenters. The topological polar surface area (TPSA) is 60.0 Å². The standard InChI is InChI=1S/C29H23N4O/c30-33-17-16-31-19-27(33)28(22-11-6-12-22)32-29(33)23-13-7-14-25(18-23)34-20-24-10-4-5-15-26(24)21-8-2-1-3-9-21/h1-19H,20,30H2/q+1. The van der Waals surface area contributed by atoms with E-state index in [1.807, 2.05) is 60.8 Å². The van der Waals surface area contributed by atoms with Crippen LogP contribution < -0.4 is 10.6 Å². The first-order chi connectivity index (χ1) is 16.7. The summed E-state index contributed by atoms with van der Waals surface area (Å²) in [7, 11) is 0. The highest BCUT2D eigenvalue weighted by atomic mass is 16.5. The highest BCUT2D eigenvalue weighted by molar-refractivity contribution is 6.01. The van der Waals surface area contributed by atoms with Crippen molar-refractivity contribution >= 4 is 12.1 Å². The summed E-state index contributed by atoms with van der Waals surface area (Å²) < 4.78 is 6.24. The second kappa shape index (κ2) is 8.23. The summed E-state index contributed by atoms with van der Waals surface area (Å²) in [5.41, 5.74) is 7.16. The molecule has 0 saturated carbocycles. The van der Waals surface area contributed by atoms with Gasteiger partial charge in [0.25, 0.3) is 5.84 Å². The molecule has 3 aromatic carbocycles. The number of nitrogens with two attached hydrogens (primary N) is 1. The van der Waals surface area contributed by atoms with Crippen molar-refractivity contribution in [2.24, 2.45) is 15.8 Å². The van der Waals surface area contributed by atoms with Crippen molar-refractivity contribution in [3.8, 4) is 16.9 Å². The largest absolute Gasteiger partial charge is 0.489 e. The number of ether oxygens (including phenoxy) is 1. The molecule has 2 aliphatic heterocycles. The summed E-state index contributed by atoms with van der Waals surface area (Å²) in [6.45, 7) is 0.461. The fourth-order valence-corrected chi connectivity index (χ4v) is 4.37. The number of nitrogens with zero attached hydrogens (tertiary/aromatic N) is 3. The third kappa shape index (κ3) is 3.44. The van der Waals surface area contributed by atoms with Crippen LogP contribution in [0, 0.1) is 0 Å². The molecule has 164 valence electrons. The number of aliphatic imine (C=N–C) groups is 2. The molecule has 1 aliphatic carbocycles. The molecule has 3 aromatic rings. The highest BCUT2D eigenvalue weighted by Crippen LogP contribution is 2.36. The van der Waals surface area contributed by atoms with E-state index in [0.717, 1.165) is 39.7 Å². The Morgan fingerprint density at radius 3 is 2.50 bits per heavy atom. The van der Waals surface area contributed by atoms with E-state index in [1.165, 1.54) is 11.1 Å². The summed E-state index contributed by atoms with van der Waals surface area (Å²) in [4.78, 5) is 9.23. The molecular formula is C29H23N4O+. The van der Waals surface area contributed by atoms with Crippen molar-refractivity contribution in [1.29, 1.82) is 0 Å². The van der Waals surface area contributed by atoms with Crippen molar-refractivity contribution in [2.75, 3.05) is 0 Å². The molecular weight excluding hydrogens is 420 g/mol. The lowest BCUT2D eigenvalue weighted by Gasteiger charge is -2.26. The summed E-state index contributed by atoms with van der Waals surface area (Å²) in [5.74, 6) is 8.33. The Labute approximate surface area is 198 Å². The molecule has 2 N–H and O–H groups in total. The smallest absolute Gasteiger partial charge is 0.265 e. The van der Waals surface area contributed by atoms with Gasteiger partial charge in [0.2, 0.25) is 5.70 Å². The molecule has 2 heterocycles.